The maximum Gasteiger partial charge on any atom is 0.191 e. The fourth-order valence-corrected chi connectivity index (χ4v) is 2.15. The molecule has 0 amide bonds. The maximum absolute atomic E-state index is 4.26. The summed E-state index contributed by atoms with van der Waals surface area (Å²) in [6.07, 6.45) is 2.57. The highest BCUT2D eigenvalue weighted by Gasteiger charge is 2.24. The van der Waals surface area contributed by atoms with Gasteiger partial charge in [-0.05, 0) is 26.9 Å². The van der Waals surface area contributed by atoms with E-state index in [2.05, 4.69) is 39.5 Å². The van der Waals surface area contributed by atoms with Crippen LogP contribution in [0.3, 0.4) is 0 Å². The first kappa shape index (κ1) is 12.6. The Balaban J connectivity index is 1.74. The van der Waals surface area contributed by atoms with Crippen LogP contribution in [0.15, 0.2) is 4.99 Å². The first-order chi connectivity index (χ1) is 8.19. The highest BCUT2D eigenvalue weighted by molar-refractivity contribution is 5.80. The van der Waals surface area contributed by atoms with E-state index in [0.29, 0.717) is 12.1 Å². The Bertz CT molecular complexity index is 274. The van der Waals surface area contributed by atoms with Gasteiger partial charge in [-0.25, -0.2) is 0 Å². The summed E-state index contributed by atoms with van der Waals surface area (Å²) >= 11 is 0. The highest BCUT2D eigenvalue weighted by Crippen LogP contribution is 2.18. The molecular formula is C12H25N5. The van der Waals surface area contributed by atoms with Gasteiger partial charge in [-0.2, -0.15) is 0 Å². The zero-order valence-corrected chi connectivity index (χ0v) is 11.2. The second-order valence-electron chi connectivity index (χ2n) is 5.27. The number of likely N-dealkylation sites (N-methyl/N-ethyl adjacent to an activating group) is 2. The molecule has 1 aliphatic carbocycles. The topological polar surface area (TPSA) is 42.9 Å². The molecule has 1 unspecified atom stereocenters. The van der Waals surface area contributed by atoms with Gasteiger partial charge in [0.05, 0.1) is 0 Å². The molecule has 2 fully saturated rings. The van der Waals surface area contributed by atoms with Crippen molar-refractivity contribution in [3.63, 3.8) is 0 Å². The third-order valence-corrected chi connectivity index (χ3v) is 3.63. The lowest BCUT2D eigenvalue weighted by molar-refractivity contribution is 0.116. The van der Waals surface area contributed by atoms with E-state index in [9.17, 15) is 0 Å². The molecule has 5 nitrogen and oxygen atoms in total. The minimum Gasteiger partial charge on any atom is -0.355 e. The molecule has 0 spiro atoms. The van der Waals surface area contributed by atoms with Gasteiger partial charge in [0.15, 0.2) is 5.96 Å². The summed E-state index contributed by atoms with van der Waals surface area (Å²) in [6.45, 7) is 4.41. The number of hydrogen-bond donors (Lipinski definition) is 2. The van der Waals surface area contributed by atoms with Crippen molar-refractivity contribution >= 4 is 5.96 Å². The van der Waals surface area contributed by atoms with Gasteiger partial charge < -0.3 is 15.5 Å². The number of aliphatic imine (C=N–C) groups is 1. The van der Waals surface area contributed by atoms with E-state index in [4.69, 9.17) is 0 Å². The number of rotatable bonds is 3. The average molecular weight is 239 g/mol. The Labute approximate surface area is 104 Å². The summed E-state index contributed by atoms with van der Waals surface area (Å²) in [4.78, 5) is 9.08. The fourth-order valence-electron chi connectivity index (χ4n) is 2.15. The summed E-state index contributed by atoms with van der Waals surface area (Å²) in [5.41, 5.74) is 0. The molecule has 1 aliphatic heterocycles. The van der Waals surface area contributed by atoms with Crippen molar-refractivity contribution in [3.8, 4) is 0 Å². The molecule has 0 aromatic carbocycles. The molecule has 5 heteroatoms. The van der Waals surface area contributed by atoms with Crippen molar-refractivity contribution in [2.75, 3.05) is 47.3 Å². The Morgan fingerprint density at radius 3 is 2.71 bits per heavy atom. The van der Waals surface area contributed by atoms with Gasteiger partial charge >= 0.3 is 0 Å². The lowest BCUT2D eigenvalue weighted by Gasteiger charge is -2.37. The van der Waals surface area contributed by atoms with Crippen LogP contribution in [-0.2, 0) is 0 Å². The summed E-state index contributed by atoms with van der Waals surface area (Å²) in [5, 5.41) is 6.84. The summed E-state index contributed by atoms with van der Waals surface area (Å²) in [6, 6.07) is 1.24. The first-order valence-electron chi connectivity index (χ1n) is 6.55. The molecule has 1 saturated heterocycles. The lowest BCUT2D eigenvalue weighted by atomic mass is 10.2. The van der Waals surface area contributed by atoms with E-state index in [1.165, 1.54) is 19.4 Å². The fraction of sp³-hybridized carbons (Fsp3) is 0.917. The van der Waals surface area contributed by atoms with E-state index in [0.717, 1.165) is 25.6 Å². The van der Waals surface area contributed by atoms with Gasteiger partial charge in [0.2, 0.25) is 0 Å². The van der Waals surface area contributed by atoms with Crippen LogP contribution in [0.5, 0.6) is 0 Å². The first-order valence-corrected chi connectivity index (χ1v) is 6.55. The minimum absolute atomic E-state index is 0.575. The molecule has 2 aliphatic rings. The number of piperazine rings is 1. The van der Waals surface area contributed by atoms with Gasteiger partial charge in [-0.3, -0.25) is 9.89 Å². The van der Waals surface area contributed by atoms with Crippen LogP contribution >= 0.6 is 0 Å². The Morgan fingerprint density at radius 1 is 1.29 bits per heavy atom. The molecular weight excluding hydrogens is 214 g/mol. The van der Waals surface area contributed by atoms with Crippen molar-refractivity contribution in [2.24, 2.45) is 4.99 Å². The highest BCUT2D eigenvalue weighted by atomic mass is 15.3. The van der Waals surface area contributed by atoms with Crippen molar-refractivity contribution in [3.05, 3.63) is 0 Å². The SMILES string of the molecule is CN=C(NCC1CN(C)CCN1C)NC1CC1. The van der Waals surface area contributed by atoms with Crippen LogP contribution in [0.4, 0.5) is 0 Å². The van der Waals surface area contributed by atoms with Crippen molar-refractivity contribution in [1.82, 2.24) is 20.4 Å². The molecule has 2 N–H and O–H groups in total. The maximum atomic E-state index is 4.26. The molecule has 0 bridgehead atoms. The van der Waals surface area contributed by atoms with Crippen LogP contribution in [0, 0.1) is 0 Å². The predicted molar refractivity (Wildman–Crippen MR) is 71.4 cm³/mol. The van der Waals surface area contributed by atoms with E-state index in [1.807, 2.05) is 7.05 Å². The second-order valence-corrected chi connectivity index (χ2v) is 5.27. The van der Waals surface area contributed by atoms with E-state index in [1.54, 1.807) is 0 Å². The predicted octanol–water partition coefficient (Wildman–Crippen LogP) is -0.440. The average Bonchev–Trinajstić information content (AvgIpc) is 3.12. The number of nitrogens with one attached hydrogen (secondary N) is 2. The Kier molecular flexibility index (Phi) is 4.23. The molecule has 0 aromatic heterocycles. The van der Waals surface area contributed by atoms with Crippen LogP contribution in [-0.4, -0.2) is 75.2 Å². The summed E-state index contributed by atoms with van der Waals surface area (Å²) < 4.78 is 0. The quantitative estimate of drug-likeness (QED) is 0.518. The third-order valence-electron chi connectivity index (χ3n) is 3.63. The minimum atomic E-state index is 0.575. The van der Waals surface area contributed by atoms with Gasteiger partial charge in [0.25, 0.3) is 0 Å². The molecule has 17 heavy (non-hydrogen) atoms. The van der Waals surface area contributed by atoms with Crippen molar-refractivity contribution < 1.29 is 0 Å². The molecule has 0 aromatic rings. The van der Waals surface area contributed by atoms with Crippen molar-refractivity contribution in [1.29, 1.82) is 0 Å². The van der Waals surface area contributed by atoms with Crippen LogP contribution in [0.1, 0.15) is 12.8 Å². The van der Waals surface area contributed by atoms with Gasteiger partial charge in [-0.1, -0.05) is 0 Å². The van der Waals surface area contributed by atoms with E-state index in [-0.39, 0.29) is 0 Å². The van der Waals surface area contributed by atoms with Crippen LogP contribution in [0.25, 0.3) is 0 Å². The molecule has 2 rings (SSSR count). The Morgan fingerprint density at radius 2 is 2.06 bits per heavy atom. The molecule has 1 saturated carbocycles. The zero-order valence-electron chi connectivity index (χ0n) is 11.2. The summed E-state index contributed by atoms with van der Waals surface area (Å²) in [7, 11) is 6.24. The van der Waals surface area contributed by atoms with Crippen LogP contribution in [0.2, 0.25) is 0 Å². The molecule has 1 heterocycles. The number of guanidine groups is 1. The van der Waals surface area contributed by atoms with Gasteiger partial charge in [0, 0.05) is 45.3 Å². The second kappa shape index (κ2) is 5.69. The Hall–Kier alpha value is -0.810. The summed E-state index contributed by atoms with van der Waals surface area (Å²) in [5.74, 6) is 0.953. The standard InChI is InChI=1S/C12H25N5/c1-13-12(15-10-4-5-10)14-8-11-9-16(2)6-7-17(11)3/h10-11H,4-9H2,1-3H3,(H2,13,14,15). The van der Waals surface area contributed by atoms with Crippen molar-refractivity contribution in [2.45, 2.75) is 24.9 Å². The zero-order chi connectivity index (χ0) is 12.3. The van der Waals surface area contributed by atoms with Gasteiger partial charge in [0.1, 0.15) is 0 Å². The molecule has 0 radical (unpaired) electrons. The molecule has 98 valence electrons. The normalized spacial score (nSPS) is 28.2. The number of hydrogen-bond acceptors (Lipinski definition) is 3. The van der Waals surface area contributed by atoms with E-state index < -0.39 is 0 Å². The van der Waals surface area contributed by atoms with Gasteiger partial charge in [-0.15, -0.1) is 0 Å². The van der Waals surface area contributed by atoms with Crippen LogP contribution < -0.4 is 10.6 Å². The largest absolute Gasteiger partial charge is 0.355 e. The third kappa shape index (κ3) is 3.85. The lowest BCUT2D eigenvalue weighted by Crippen LogP contribution is -2.55. The molecule has 1 atom stereocenters. The smallest absolute Gasteiger partial charge is 0.191 e. The van der Waals surface area contributed by atoms with E-state index >= 15 is 0 Å². The monoisotopic (exact) mass is 239 g/mol. The number of nitrogens with zero attached hydrogens (tertiary/aromatic N) is 3.